The average Bonchev–Trinajstić information content (AvgIpc) is 2.19. The van der Waals surface area contributed by atoms with Crippen LogP contribution in [-0.2, 0) is 6.42 Å². The van der Waals surface area contributed by atoms with Crippen LogP contribution in [-0.4, -0.2) is 0 Å². The number of nitriles is 1. The van der Waals surface area contributed by atoms with E-state index in [1.165, 1.54) is 5.56 Å². The zero-order valence-electron chi connectivity index (χ0n) is 7.83. The minimum Gasteiger partial charge on any atom is -0.193 e. The SMILES string of the molecule is C/C(C#N)=C/CCc1ccccc1. The molecule has 1 aromatic carbocycles. The standard InChI is InChI=1S/C12H13N/c1-11(10-13)6-5-9-12-7-3-2-4-8-12/h2-4,6-8H,5,9H2,1H3/b11-6-. The second-order valence-electron chi connectivity index (χ2n) is 3.02. The molecule has 0 atom stereocenters. The molecule has 0 bridgehead atoms. The van der Waals surface area contributed by atoms with Gasteiger partial charge in [0.15, 0.2) is 0 Å². The lowest BCUT2D eigenvalue weighted by Gasteiger charge is -1.96. The van der Waals surface area contributed by atoms with Gasteiger partial charge in [-0.1, -0.05) is 36.4 Å². The molecule has 0 aromatic heterocycles. The van der Waals surface area contributed by atoms with E-state index in [0.29, 0.717) is 0 Å². The van der Waals surface area contributed by atoms with E-state index in [2.05, 4.69) is 18.2 Å². The monoisotopic (exact) mass is 171 g/mol. The molecule has 0 aliphatic rings. The largest absolute Gasteiger partial charge is 0.193 e. The van der Waals surface area contributed by atoms with E-state index in [9.17, 15) is 0 Å². The highest BCUT2D eigenvalue weighted by molar-refractivity contribution is 5.19. The highest BCUT2D eigenvalue weighted by Crippen LogP contribution is 2.04. The van der Waals surface area contributed by atoms with Crippen LogP contribution < -0.4 is 0 Å². The van der Waals surface area contributed by atoms with Crippen molar-refractivity contribution in [2.24, 2.45) is 0 Å². The molecule has 0 fully saturated rings. The van der Waals surface area contributed by atoms with Gasteiger partial charge < -0.3 is 0 Å². The van der Waals surface area contributed by atoms with Gasteiger partial charge in [0.1, 0.15) is 0 Å². The molecule has 0 aliphatic carbocycles. The summed E-state index contributed by atoms with van der Waals surface area (Å²) in [5, 5.41) is 8.51. The van der Waals surface area contributed by atoms with E-state index in [4.69, 9.17) is 5.26 Å². The van der Waals surface area contributed by atoms with Crippen molar-refractivity contribution in [3.05, 3.63) is 47.5 Å². The Bertz CT molecular complexity index is 317. The Morgan fingerprint density at radius 3 is 2.69 bits per heavy atom. The van der Waals surface area contributed by atoms with Crippen molar-refractivity contribution < 1.29 is 0 Å². The normalized spacial score (nSPS) is 10.9. The van der Waals surface area contributed by atoms with Crippen molar-refractivity contribution in [3.63, 3.8) is 0 Å². The Morgan fingerprint density at radius 1 is 1.38 bits per heavy atom. The number of aryl methyl sites for hydroxylation is 1. The highest BCUT2D eigenvalue weighted by Gasteiger charge is 1.89. The molecule has 0 radical (unpaired) electrons. The van der Waals surface area contributed by atoms with Crippen molar-refractivity contribution >= 4 is 0 Å². The van der Waals surface area contributed by atoms with E-state index in [0.717, 1.165) is 18.4 Å². The maximum atomic E-state index is 8.51. The van der Waals surface area contributed by atoms with Crippen LogP contribution in [0.1, 0.15) is 18.9 Å². The molecule has 0 aliphatic heterocycles. The predicted octanol–water partition coefficient (Wildman–Crippen LogP) is 3.09. The van der Waals surface area contributed by atoms with E-state index in [1.807, 2.05) is 31.2 Å². The molecule has 1 aromatic rings. The van der Waals surface area contributed by atoms with Crippen LogP contribution in [0.25, 0.3) is 0 Å². The fraction of sp³-hybridized carbons (Fsp3) is 0.250. The topological polar surface area (TPSA) is 23.8 Å². The molecule has 0 amide bonds. The van der Waals surface area contributed by atoms with Crippen molar-refractivity contribution in [2.45, 2.75) is 19.8 Å². The highest BCUT2D eigenvalue weighted by atomic mass is 14.2. The lowest BCUT2D eigenvalue weighted by atomic mass is 10.1. The lowest BCUT2D eigenvalue weighted by Crippen LogP contribution is -1.82. The van der Waals surface area contributed by atoms with Crippen LogP contribution in [0.3, 0.4) is 0 Å². The number of hydrogen-bond acceptors (Lipinski definition) is 1. The van der Waals surface area contributed by atoms with E-state index in [1.54, 1.807) is 0 Å². The minimum atomic E-state index is 0.802. The summed E-state index contributed by atoms with van der Waals surface area (Å²) in [4.78, 5) is 0. The minimum absolute atomic E-state index is 0.802. The summed E-state index contributed by atoms with van der Waals surface area (Å²) in [7, 11) is 0. The predicted molar refractivity (Wildman–Crippen MR) is 54.1 cm³/mol. The van der Waals surface area contributed by atoms with Crippen LogP contribution in [0.15, 0.2) is 42.0 Å². The number of benzene rings is 1. The molecule has 1 rings (SSSR count). The third-order valence-electron chi connectivity index (χ3n) is 1.90. The molecule has 1 heteroatoms. The van der Waals surface area contributed by atoms with Gasteiger partial charge in [-0.2, -0.15) is 5.26 Å². The van der Waals surface area contributed by atoms with Gasteiger partial charge in [-0.3, -0.25) is 0 Å². The molecule has 0 spiro atoms. The Balaban J connectivity index is 2.41. The maximum Gasteiger partial charge on any atom is 0.0940 e. The van der Waals surface area contributed by atoms with Crippen LogP contribution >= 0.6 is 0 Å². The molecule has 0 heterocycles. The average molecular weight is 171 g/mol. The van der Waals surface area contributed by atoms with Gasteiger partial charge in [0, 0.05) is 5.57 Å². The summed E-state index contributed by atoms with van der Waals surface area (Å²) in [5.74, 6) is 0. The van der Waals surface area contributed by atoms with Gasteiger partial charge >= 0.3 is 0 Å². The van der Waals surface area contributed by atoms with Crippen LogP contribution in [0, 0.1) is 11.3 Å². The first-order chi connectivity index (χ1) is 6.33. The van der Waals surface area contributed by atoms with Crippen molar-refractivity contribution in [2.75, 3.05) is 0 Å². The van der Waals surface area contributed by atoms with Crippen molar-refractivity contribution in [1.82, 2.24) is 0 Å². The Hall–Kier alpha value is -1.55. The third-order valence-corrected chi connectivity index (χ3v) is 1.90. The lowest BCUT2D eigenvalue weighted by molar-refractivity contribution is 0.994. The quantitative estimate of drug-likeness (QED) is 0.641. The molecule has 66 valence electrons. The molecule has 1 nitrogen and oxygen atoms in total. The smallest absolute Gasteiger partial charge is 0.0940 e. The Kier molecular flexibility index (Phi) is 3.78. The molecule has 0 unspecified atom stereocenters. The molecule has 0 saturated heterocycles. The first kappa shape index (κ1) is 9.54. The summed E-state index contributed by atoms with van der Waals surface area (Å²) in [6.07, 6.45) is 3.94. The Morgan fingerprint density at radius 2 is 2.08 bits per heavy atom. The maximum absolute atomic E-state index is 8.51. The first-order valence-electron chi connectivity index (χ1n) is 4.43. The van der Waals surface area contributed by atoms with E-state index >= 15 is 0 Å². The van der Waals surface area contributed by atoms with E-state index in [-0.39, 0.29) is 0 Å². The third kappa shape index (κ3) is 3.57. The zero-order chi connectivity index (χ0) is 9.52. The molecule has 0 saturated carbocycles. The second kappa shape index (κ2) is 5.16. The first-order valence-corrected chi connectivity index (χ1v) is 4.43. The van der Waals surface area contributed by atoms with Crippen molar-refractivity contribution in [1.29, 1.82) is 5.26 Å². The summed E-state index contributed by atoms with van der Waals surface area (Å²) in [6.45, 7) is 1.84. The summed E-state index contributed by atoms with van der Waals surface area (Å²) < 4.78 is 0. The number of nitrogens with zero attached hydrogens (tertiary/aromatic N) is 1. The molecular weight excluding hydrogens is 158 g/mol. The summed E-state index contributed by atoms with van der Waals surface area (Å²) in [6, 6.07) is 12.4. The Labute approximate surface area is 79.3 Å². The molecule has 0 N–H and O–H groups in total. The van der Waals surface area contributed by atoms with Gasteiger partial charge in [0.25, 0.3) is 0 Å². The van der Waals surface area contributed by atoms with Gasteiger partial charge in [-0.05, 0) is 25.3 Å². The van der Waals surface area contributed by atoms with Gasteiger partial charge in [-0.15, -0.1) is 0 Å². The summed E-state index contributed by atoms with van der Waals surface area (Å²) in [5.41, 5.74) is 2.13. The van der Waals surface area contributed by atoms with E-state index < -0.39 is 0 Å². The molecular formula is C12H13N. The number of allylic oxidation sites excluding steroid dienone is 2. The van der Waals surface area contributed by atoms with Crippen LogP contribution in [0.2, 0.25) is 0 Å². The second-order valence-corrected chi connectivity index (χ2v) is 3.02. The zero-order valence-corrected chi connectivity index (χ0v) is 7.83. The summed E-state index contributed by atoms with van der Waals surface area (Å²) >= 11 is 0. The molecule has 13 heavy (non-hydrogen) atoms. The van der Waals surface area contributed by atoms with Crippen molar-refractivity contribution in [3.8, 4) is 6.07 Å². The van der Waals surface area contributed by atoms with Gasteiger partial charge in [-0.25, -0.2) is 0 Å². The van der Waals surface area contributed by atoms with Gasteiger partial charge in [0.2, 0.25) is 0 Å². The fourth-order valence-corrected chi connectivity index (χ4v) is 1.15. The number of hydrogen-bond donors (Lipinski definition) is 0. The van der Waals surface area contributed by atoms with Crippen LogP contribution in [0.5, 0.6) is 0 Å². The van der Waals surface area contributed by atoms with Crippen LogP contribution in [0.4, 0.5) is 0 Å². The fourth-order valence-electron chi connectivity index (χ4n) is 1.15. The van der Waals surface area contributed by atoms with Gasteiger partial charge in [0.05, 0.1) is 6.07 Å². The number of rotatable bonds is 3.